The zero-order valence-electron chi connectivity index (χ0n) is 25.1. The Bertz CT molecular complexity index is 1520. The fourth-order valence-corrected chi connectivity index (χ4v) is 7.18. The number of piperazine rings is 1. The fraction of sp³-hybridized carbons (Fsp3) is 0.500. The molecule has 0 spiro atoms. The molecule has 2 aromatic rings. The number of hydrogen-bond acceptors (Lipinski definition) is 11. The van der Waals surface area contributed by atoms with Gasteiger partial charge in [0.05, 0.1) is 27.7 Å². The standard InChI is InChI=1S/C28H38N8O7S/c1-4-32(5-2)28(37)21-7-6-12-34(20-21)44(42,43)27-18-24(36(40)41)8-10-25(27)30-29-19-22-17-23(35(38)39)9-11-26(22)33-15-13-31(3)14-16-33/h8-11,17-19,21,30H,4-7,12-16,20H2,1-3H3/b29-19-/t21-/m0/s1. The summed E-state index contributed by atoms with van der Waals surface area (Å²) in [4.78, 5) is 40.5. The number of anilines is 2. The summed E-state index contributed by atoms with van der Waals surface area (Å²) in [5.41, 5.74) is 3.35. The number of hydrogen-bond donors (Lipinski definition) is 1. The van der Waals surface area contributed by atoms with Gasteiger partial charge in [-0.3, -0.25) is 30.4 Å². The maximum absolute atomic E-state index is 13.9. The second kappa shape index (κ2) is 14.1. The Kier molecular flexibility index (Phi) is 10.5. The Balaban J connectivity index is 1.65. The number of nitro benzene ring substituents is 2. The van der Waals surface area contributed by atoms with Crippen LogP contribution in [0.1, 0.15) is 32.3 Å². The number of non-ortho nitro benzene ring substituents is 2. The van der Waals surface area contributed by atoms with Crippen LogP contribution in [0.15, 0.2) is 46.4 Å². The summed E-state index contributed by atoms with van der Waals surface area (Å²) in [6.07, 6.45) is 2.39. The van der Waals surface area contributed by atoms with Gasteiger partial charge in [0.2, 0.25) is 15.9 Å². The Morgan fingerprint density at radius 3 is 2.30 bits per heavy atom. The smallest absolute Gasteiger partial charge is 0.270 e. The van der Waals surface area contributed by atoms with Crippen molar-refractivity contribution in [2.45, 2.75) is 31.6 Å². The van der Waals surface area contributed by atoms with Crippen LogP contribution in [0.2, 0.25) is 0 Å². The minimum absolute atomic E-state index is 0.00405. The van der Waals surface area contributed by atoms with E-state index in [1.54, 1.807) is 11.0 Å². The maximum atomic E-state index is 13.9. The van der Waals surface area contributed by atoms with Gasteiger partial charge in [0.1, 0.15) is 4.90 Å². The number of benzene rings is 2. The average molecular weight is 631 g/mol. The van der Waals surface area contributed by atoms with E-state index >= 15 is 0 Å². The van der Waals surface area contributed by atoms with Crippen molar-refractivity contribution in [3.8, 4) is 0 Å². The third kappa shape index (κ3) is 7.31. The molecular weight excluding hydrogens is 592 g/mol. The van der Waals surface area contributed by atoms with E-state index in [2.05, 4.69) is 20.3 Å². The van der Waals surface area contributed by atoms with Gasteiger partial charge in [-0.25, -0.2) is 8.42 Å². The molecule has 2 aromatic carbocycles. The molecule has 2 saturated heterocycles. The van der Waals surface area contributed by atoms with Crippen LogP contribution in [0, 0.1) is 26.1 Å². The van der Waals surface area contributed by atoms with E-state index in [1.165, 1.54) is 34.8 Å². The minimum atomic E-state index is -4.28. The average Bonchev–Trinajstić information content (AvgIpc) is 3.02. The lowest BCUT2D eigenvalue weighted by Crippen LogP contribution is -2.46. The van der Waals surface area contributed by atoms with Crippen LogP contribution in [-0.4, -0.2) is 104 Å². The second-order valence-electron chi connectivity index (χ2n) is 10.8. The normalized spacial score (nSPS) is 18.3. The number of rotatable bonds is 11. The largest absolute Gasteiger partial charge is 0.368 e. The predicted molar refractivity (Wildman–Crippen MR) is 167 cm³/mol. The summed E-state index contributed by atoms with van der Waals surface area (Å²) in [7, 11) is -2.26. The highest BCUT2D eigenvalue weighted by molar-refractivity contribution is 7.89. The van der Waals surface area contributed by atoms with Gasteiger partial charge in [-0.2, -0.15) is 9.41 Å². The van der Waals surface area contributed by atoms with E-state index in [0.717, 1.165) is 24.8 Å². The number of nitrogens with one attached hydrogen (secondary N) is 1. The van der Waals surface area contributed by atoms with Gasteiger partial charge in [0.25, 0.3) is 11.4 Å². The molecule has 16 heteroatoms. The van der Waals surface area contributed by atoms with E-state index in [0.29, 0.717) is 44.6 Å². The van der Waals surface area contributed by atoms with Crippen LogP contribution < -0.4 is 10.3 Å². The number of carbonyl (C=O) groups is 1. The van der Waals surface area contributed by atoms with Gasteiger partial charge in [0, 0.05) is 87.9 Å². The van der Waals surface area contributed by atoms with E-state index in [1.807, 2.05) is 20.9 Å². The van der Waals surface area contributed by atoms with Gasteiger partial charge in [-0.05, 0) is 45.9 Å². The molecule has 0 aromatic heterocycles. The van der Waals surface area contributed by atoms with Crippen molar-refractivity contribution in [1.29, 1.82) is 0 Å². The van der Waals surface area contributed by atoms with Crippen LogP contribution in [0.3, 0.4) is 0 Å². The van der Waals surface area contributed by atoms with E-state index < -0.39 is 31.5 Å². The van der Waals surface area contributed by atoms with Crippen molar-refractivity contribution in [1.82, 2.24) is 14.1 Å². The highest BCUT2D eigenvalue weighted by Crippen LogP contribution is 2.32. The quantitative estimate of drug-likeness (QED) is 0.221. The van der Waals surface area contributed by atoms with E-state index in [9.17, 15) is 33.4 Å². The van der Waals surface area contributed by atoms with Crippen molar-refractivity contribution < 1.29 is 23.1 Å². The number of sulfonamides is 1. The number of carbonyl (C=O) groups excluding carboxylic acids is 1. The van der Waals surface area contributed by atoms with Crippen LogP contribution in [-0.2, 0) is 14.8 Å². The van der Waals surface area contributed by atoms with Crippen molar-refractivity contribution in [2.24, 2.45) is 11.0 Å². The highest BCUT2D eigenvalue weighted by Gasteiger charge is 2.36. The van der Waals surface area contributed by atoms with E-state index in [4.69, 9.17) is 0 Å². The molecule has 2 aliphatic rings. The molecule has 2 fully saturated rings. The molecule has 0 unspecified atom stereocenters. The number of nitrogens with zero attached hydrogens (tertiary/aromatic N) is 7. The lowest BCUT2D eigenvalue weighted by Gasteiger charge is -2.34. The molecule has 2 heterocycles. The summed E-state index contributed by atoms with van der Waals surface area (Å²) in [6.45, 7) is 7.92. The summed E-state index contributed by atoms with van der Waals surface area (Å²) < 4.78 is 29.0. The molecule has 15 nitrogen and oxygen atoms in total. The van der Waals surface area contributed by atoms with Crippen molar-refractivity contribution in [3.63, 3.8) is 0 Å². The Hall–Kier alpha value is -4.15. The zero-order valence-corrected chi connectivity index (χ0v) is 25.9. The van der Waals surface area contributed by atoms with Gasteiger partial charge in [0.15, 0.2) is 0 Å². The summed E-state index contributed by atoms with van der Waals surface area (Å²) >= 11 is 0. The minimum Gasteiger partial charge on any atom is -0.368 e. The van der Waals surface area contributed by atoms with Crippen molar-refractivity contribution in [2.75, 3.05) is 69.7 Å². The maximum Gasteiger partial charge on any atom is 0.270 e. The Morgan fingerprint density at radius 1 is 1.02 bits per heavy atom. The van der Waals surface area contributed by atoms with Crippen molar-refractivity contribution >= 4 is 44.9 Å². The molecule has 1 atom stereocenters. The monoisotopic (exact) mass is 630 g/mol. The second-order valence-corrected chi connectivity index (χ2v) is 12.7. The van der Waals surface area contributed by atoms with Gasteiger partial charge < -0.3 is 14.7 Å². The molecule has 1 N–H and O–H groups in total. The number of piperidine rings is 1. The Morgan fingerprint density at radius 2 is 1.66 bits per heavy atom. The van der Waals surface area contributed by atoms with Gasteiger partial charge in [-0.15, -0.1) is 0 Å². The SMILES string of the molecule is CCN(CC)C(=O)[C@H]1CCCN(S(=O)(=O)c2cc([N+](=O)[O-])ccc2N/N=C\c2cc([N+](=O)[O-])ccc2N2CCN(C)CC2)C1. The summed E-state index contributed by atoms with van der Waals surface area (Å²) in [5, 5.41) is 27.3. The highest BCUT2D eigenvalue weighted by atomic mass is 32.2. The molecule has 238 valence electrons. The first-order valence-corrected chi connectivity index (χ1v) is 16.0. The Labute approximate surface area is 256 Å². The predicted octanol–water partition coefficient (Wildman–Crippen LogP) is 2.97. The van der Waals surface area contributed by atoms with Crippen LogP contribution in [0.25, 0.3) is 0 Å². The number of amides is 1. The molecule has 0 radical (unpaired) electrons. The molecule has 0 aliphatic carbocycles. The third-order valence-electron chi connectivity index (χ3n) is 8.06. The van der Waals surface area contributed by atoms with Crippen LogP contribution in [0.4, 0.5) is 22.7 Å². The van der Waals surface area contributed by atoms with Crippen molar-refractivity contribution in [3.05, 3.63) is 62.2 Å². The molecular formula is C28H38N8O7S. The number of likely N-dealkylation sites (N-methyl/N-ethyl adjacent to an activating group) is 1. The molecule has 4 rings (SSSR count). The van der Waals surface area contributed by atoms with Crippen LogP contribution >= 0.6 is 0 Å². The summed E-state index contributed by atoms with van der Waals surface area (Å²) in [5.74, 6) is -0.640. The number of nitro groups is 2. The lowest BCUT2D eigenvalue weighted by atomic mass is 9.98. The molecule has 1 amide bonds. The number of hydrazone groups is 1. The van der Waals surface area contributed by atoms with Gasteiger partial charge in [-0.1, -0.05) is 0 Å². The fourth-order valence-electron chi connectivity index (χ4n) is 5.49. The lowest BCUT2D eigenvalue weighted by molar-refractivity contribution is -0.385. The summed E-state index contributed by atoms with van der Waals surface area (Å²) in [6, 6.07) is 7.90. The molecule has 44 heavy (non-hydrogen) atoms. The first kappa shape index (κ1) is 32.8. The third-order valence-corrected chi connectivity index (χ3v) is 9.96. The first-order chi connectivity index (χ1) is 21.0. The first-order valence-electron chi connectivity index (χ1n) is 14.5. The zero-order chi connectivity index (χ0) is 32.0. The molecule has 2 aliphatic heterocycles. The topological polar surface area (TPSA) is 175 Å². The van der Waals surface area contributed by atoms with E-state index in [-0.39, 0.29) is 35.3 Å². The van der Waals surface area contributed by atoms with Gasteiger partial charge >= 0.3 is 0 Å². The molecule has 0 saturated carbocycles. The molecule has 0 bridgehead atoms. The van der Waals surface area contributed by atoms with Crippen LogP contribution in [0.5, 0.6) is 0 Å².